The first kappa shape index (κ1) is 17.6. The molecular weight excluding hydrogens is 312 g/mol. The third-order valence-corrected chi connectivity index (χ3v) is 4.14. The summed E-state index contributed by atoms with van der Waals surface area (Å²) in [6, 6.07) is 3.31. The monoisotopic (exact) mass is 326 g/mol. The first-order valence-electron chi connectivity index (χ1n) is 5.86. The quantitative estimate of drug-likeness (QED) is 0.799. The van der Waals surface area contributed by atoms with Gasteiger partial charge in [0.05, 0.1) is 0 Å². The molecule has 0 atom stereocenters. The van der Waals surface area contributed by atoms with Gasteiger partial charge in [0.1, 0.15) is 10.7 Å². The van der Waals surface area contributed by atoms with E-state index in [0.29, 0.717) is 0 Å². The molecule has 0 fully saturated rings. The lowest BCUT2D eigenvalue weighted by Gasteiger charge is -2.27. The van der Waals surface area contributed by atoms with Gasteiger partial charge in [0.15, 0.2) is 9.84 Å². The van der Waals surface area contributed by atoms with E-state index in [0.717, 1.165) is 12.3 Å². The number of hydrogen-bond donors (Lipinski definition) is 0. The Morgan fingerprint density at radius 2 is 1.71 bits per heavy atom. The summed E-state index contributed by atoms with van der Waals surface area (Å²) >= 11 is 0. The molecule has 3 nitrogen and oxygen atoms in total. The summed E-state index contributed by atoms with van der Waals surface area (Å²) in [5, 5.41) is 0. The van der Waals surface area contributed by atoms with Gasteiger partial charge in [-0.05, 0) is 17.0 Å². The lowest BCUT2D eigenvalue weighted by molar-refractivity contribution is -0.172. The molecule has 0 saturated carbocycles. The van der Waals surface area contributed by atoms with E-state index in [1.54, 1.807) is 0 Å². The zero-order valence-electron chi connectivity index (χ0n) is 11.6. The molecule has 0 aliphatic carbocycles. The summed E-state index contributed by atoms with van der Waals surface area (Å²) in [4.78, 5) is 10.5. The minimum absolute atomic E-state index is 0.150. The highest BCUT2D eigenvalue weighted by atomic mass is 32.2. The molecule has 0 aliphatic heterocycles. The van der Waals surface area contributed by atoms with Crippen molar-refractivity contribution in [2.75, 3.05) is 6.26 Å². The Kier molecular flexibility index (Phi) is 4.53. The van der Waals surface area contributed by atoms with Crippen LogP contribution in [-0.2, 0) is 20.0 Å². The summed E-state index contributed by atoms with van der Waals surface area (Å²) in [7, 11) is -3.99. The minimum Gasteiger partial charge on any atom is -0.290 e. The SMILES string of the molecule is CC(C)(CC(=O)C(F)(F)F)c1cccc(F)c1S(C)(=O)=O. The molecule has 0 saturated heterocycles. The van der Waals surface area contributed by atoms with Crippen molar-refractivity contribution in [3.8, 4) is 0 Å². The third-order valence-electron chi connectivity index (χ3n) is 2.99. The van der Waals surface area contributed by atoms with Gasteiger partial charge in [0.25, 0.3) is 0 Å². The van der Waals surface area contributed by atoms with Crippen LogP contribution in [0.15, 0.2) is 23.1 Å². The van der Waals surface area contributed by atoms with Gasteiger partial charge in [-0.15, -0.1) is 0 Å². The van der Waals surface area contributed by atoms with Gasteiger partial charge < -0.3 is 0 Å². The zero-order valence-corrected chi connectivity index (χ0v) is 12.4. The Morgan fingerprint density at radius 1 is 1.19 bits per heavy atom. The van der Waals surface area contributed by atoms with Crippen LogP contribution in [0.2, 0.25) is 0 Å². The summed E-state index contributed by atoms with van der Waals surface area (Å²) in [5.41, 5.74) is -1.63. The fourth-order valence-corrected chi connectivity index (χ4v) is 3.18. The van der Waals surface area contributed by atoms with Gasteiger partial charge in [0.2, 0.25) is 5.78 Å². The molecule has 0 amide bonds. The molecule has 1 aromatic rings. The average molecular weight is 326 g/mol. The molecule has 0 N–H and O–H groups in total. The molecular formula is C13H14F4O3S. The first-order chi connectivity index (χ1) is 9.27. The maximum Gasteiger partial charge on any atom is 0.450 e. The van der Waals surface area contributed by atoms with E-state index < -0.39 is 44.3 Å². The molecule has 0 radical (unpaired) electrons. The Morgan fingerprint density at radius 3 is 2.14 bits per heavy atom. The van der Waals surface area contributed by atoms with Crippen molar-refractivity contribution in [2.45, 2.75) is 36.8 Å². The van der Waals surface area contributed by atoms with Crippen LogP contribution in [0, 0.1) is 5.82 Å². The molecule has 0 aromatic heterocycles. The smallest absolute Gasteiger partial charge is 0.290 e. The van der Waals surface area contributed by atoms with Gasteiger partial charge in [-0.25, -0.2) is 12.8 Å². The van der Waals surface area contributed by atoms with Crippen LogP contribution in [0.25, 0.3) is 0 Å². The van der Waals surface area contributed by atoms with Crippen LogP contribution >= 0.6 is 0 Å². The van der Waals surface area contributed by atoms with Crippen molar-refractivity contribution in [3.05, 3.63) is 29.6 Å². The largest absolute Gasteiger partial charge is 0.450 e. The average Bonchev–Trinajstić information content (AvgIpc) is 2.24. The van der Waals surface area contributed by atoms with Gasteiger partial charge in [-0.2, -0.15) is 13.2 Å². The predicted octanol–water partition coefficient (Wildman–Crippen LogP) is 3.03. The number of carbonyl (C=O) groups is 1. The van der Waals surface area contributed by atoms with E-state index in [2.05, 4.69) is 0 Å². The number of ketones is 1. The molecule has 0 heterocycles. The van der Waals surface area contributed by atoms with Crippen molar-refractivity contribution < 1.29 is 30.8 Å². The number of alkyl halides is 3. The number of sulfone groups is 1. The van der Waals surface area contributed by atoms with Crippen LogP contribution in [0.3, 0.4) is 0 Å². The maximum absolute atomic E-state index is 13.8. The molecule has 1 rings (SSSR count). The van der Waals surface area contributed by atoms with Gasteiger partial charge in [0, 0.05) is 12.7 Å². The highest BCUT2D eigenvalue weighted by Gasteiger charge is 2.42. The fraction of sp³-hybridized carbons (Fsp3) is 0.462. The lowest BCUT2D eigenvalue weighted by atomic mass is 9.80. The normalized spacial score (nSPS) is 13.3. The van der Waals surface area contributed by atoms with Crippen LogP contribution in [0.5, 0.6) is 0 Å². The molecule has 0 spiro atoms. The zero-order chi connectivity index (χ0) is 16.6. The molecule has 0 unspecified atom stereocenters. The second-order valence-electron chi connectivity index (χ2n) is 5.37. The third kappa shape index (κ3) is 4.03. The van der Waals surface area contributed by atoms with E-state index in [-0.39, 0.29) is 5.56 Å². The van der Waals surface area contributed by atoms with Gasteiger partial charge in [-0.1, -0.05) is 26.0 Å². The molecule has 1 aromatic carbocycles. The standard InChI is InChI=1S/C13H14F4O3S/c1-12(2,7-10(18)13(15,16)17)8-5-4-6-9(14)11(8)21(3,19)20/h4-6H,7H2,1-3H3. The predicted molar refractivity (Wildman–Crippen MR) is 68.2 cm³/mol. The fourth-order valence-electron chi connectivity index (χ4n) is 2.02. The Hall–Kier alpha value is -1.44. The van der Waals surface area contributed by atoms with Crippen LogP contribution in [0.4, 0.5) is 17.6 Å². The highest BCUT2D eigenvalue weighted by molar-refractivity contribution is 7.90. The Balaban J connectivity index is 3.40. The van der Waals surface area contributed by atoms with Gasteiger partial charge in [-0.3, -0.25) is 4.79 Å². The number of rotatable bonds is 4. The number of benzene rings is 1. The molecule has 0 aliphatic rings. The second-order valence-corrected chi connectivity index (χ2v) is 7.32. The molecule has 8 heteroatoms. The Labute approximate surface area is 119 Å². The molecule has 21 heavy (non-hydrogen) atoms. The topological polar surface area (TPSA) is 51.2 Å². The number of carbonyl (C=O) groups excluding carboxylic acids is 1. The van der Waals surface area contributed by atoms with Crippen molar-refractivity contribution in [3.63, 3.8) is 0 Å². The summed E-state index contributed by atoms with van der Waals surface area (Å²) in [6.07, 6.45) is -5.23. The summed E-state index contributed by atoms with van der Waals surface area (Å²) in [5.74, 6) is -3.04. The van der Waals surface area contributed by atoms with Crippen LogP contribution < -0.4 is 0 Å². The molecule has 0 bridgehead atoms. The van der Waals surface area contributed by atoms with Crippen LogP contribution in [-0.4, -0.2) is 26.6 Å². The highest BCUT2D eigenvalue weighted by Crippen LogP contribution is 2.36. The first-order valence-corrected chi connectivity index (χ1v) is 7.75. The maximum atomic E-state index is 13.8. The van der Waals surface area contributed by atoms with E-state index in [9.17, 15) is 30.8 Å². The van der Waals surface area contributed by atoms with E-state index in [1.165, 1.54) is 26.0 Å². The van der Waals surface area contributed by atoms with Gasteiger partial charge >= 0.3 is 6.18 Å². The van der Waals surface area contributed by atoms with Crippen molar-refractivity contribution in [1.82, 2.24) is 0 Å². The number of halogens is 4. The number of hydrogen-bond acceptors (Lipinski definition) is 3. The summed E-state index contributed by atoms with van der Waals surface area (Å²) in [6.45, 7) is 2.53. The van der Waals surface area contributed by atoms with E-state index in [1.807, 2.05) is 0 Å². The Bertz CT molecular complexity index is 660. The minimum atomic E-state index is -5.02. The van der Waals surface area contributed by atoms with Crippen molar-refractivity contribution >= 4 is 15.6 Å². The molecule has 118 valence electrons. The van der Waals surface area contributed by atoms with E-state index in [4.69, 9.17) is 0 Å². The lowest BCUT2D eigenvalue weighted by Crippen LogP contribution is -2.32. The number of Topliss-reactive ketones (excluding diaryl/α,β-unsaturated/α-hetero) is 1. The van der Waals surface area contributed by atoms with Crippen LogP contribution in [0.1, 0.15) is 25.8 Å². The van der Waals surface area contributed by atoms with E-state index >= 15 is 0 Å². The van der Waals surface area contributed by atoms with Crippen molar-refractivity contribution in [1.29, 1.82) is 0 Å². The summed E-state index contributed by atoms with van der Waals surface area (Å²) < 4.78 is 74.2. The second kappa shape index (κ2) is 5.40. The van der Waals surface area contributed by atoms with Crippen molar-refractivity contribution in [2.24, 2.45) is 0 Å².